The lowest BCUT2D eigenvalue weighted by molar-refractivity contribution is 0.245. The van der Waals surface area contributed by atoms with Crippen LogP contribution in [0, 0.1) is 11.8 Å². The number of hydrogen-bond acceptors (Lipinski definition) is 1. The van der Waals surface area contributed by atoms with E-state index in [1.54, 1.807) is 0 Å². The molecule has 3 atom stereocenters. The lowest BCUT2D eigenvalue weighted by atomic mass is 9.76. The van der Waals surface area contributed by atoms with E-state index in [9.17, 15) is 0 Å². The lowest BCUT2D eigenvalue weighted by Crippen LogP contribution is -2.36. The van der Waals surface area contributed by atoms with E-state index in [1.165, 1.54) is 24.8 Å². The van der Waals surface area contributed by atoms with Crippen molar-refractivity contribution < 1.29 is 0 Å². The van der Waals surface area contributed by atoms with Crippen LogP contribution in [0.15, 0.2) is 30.3 Å². The highest BCUT2D eigenvalue weighted by molar-refractivity contribution is 5.15. The van der Waals surface area contributed by atoms with E-state index in [1.807, 2.05) is 0 Å². The van der Waals surface area contributed by atoms with Crippen LogP contribution in [0.3, 0.4) is 0 Å². The lowest BCUT2D eigenvalue weighted by Gasteiger charge is -2.32. The Morgan fingerprint density at radius 2 is 1.93 bits per heavy atom. The summed E-state index contributed by atoms with van der Waals surface area (Å²) in [4.78, 5) is 0. The summed E-state index contributed by atoms with van der Waals surface area (Å²) >= 11 is 0. The van der Waals surface area contributed by atoms with Crippen molar-refractivity contribution in [2.75, 3.05) is 0 Å². The van der Waals surface area contributed by atoms with Crippen LogP contribution >= 0.6 is 0 Å². The van der Waals surface area contributed by atoms with Crippen LogP contribution in [0.2, 0.25) is 0 Å². The molecule has 1 unspecified atom stereocenters. The van der Waals surface area contributed by atoms with E-state index in [0.29, 0.717) is 12.0 Å². The molecule has 82 valence electrons. The molecule has 0 aromatic heterocycles. The topological polar surface area (TPSA) is 26.0 Å². The van der Waals surface area contributed by atoms with Gasteiger partial charge in [0.1, 0.15) is 0 Å². The predicted molar refractivity (Wildman–Crippen MR) is 64.6 cm³/mol. The average Bonchev–Trinajstić information content (AvgIpc) is 2.25. The quantitative estimate of drug-likeness (QED) is 0.785. The normalized spacial score (nSPS) is 31.5. The van der Waals surface area contributed by atoms with Crippen LogP contribution in [-0.4, -0.2) is 6.04 Å². The maximum absolute atomic E-state index is 6.19. The van der Waals surface area contributed by atoms with Gasteiger partial charge in [0.2, 0.25) is 0 Å². The summed E-state index contributed by atoms with van der Waals surface area (Å²) in [5.41, 5.74) is 7.63. The third-order valence-electron chi connectivity index (χ3n) is 3.64. The molecular weight excluding hydrogens is 182 g/mol. The molecule has 1 fully saturated rings. The molecule has 1 heteroatoms. The van der Waals surface area contributed by atoms with Crippen molar-refractivity contribution in [1.29, 1.82) is 0 Å². The molecule has 0 aliphatic heterocycles. The van der Waals surface area contributed by atoms with Gasteiger partial charge in [0.25, 0.3) is 0 Å². The zero-order chi connectivity index (χ0) is 10.7. The summed E-state index contributed by atoms with van der Waals surface area (Å²) in [5, 5.41) is 0. The maximum Gasteiger partial charge on any atom is 0.00705 e. The van der Waals surface area contributed by atoms with E-state index >= 15 is 0 Å². The molecule has 0 heterocycles. The maximum atomic E-state index is 6.19. The van der Waals surface area contributed by atoms with E-state index in [4.69, 9.17) is 5.73 Å². The minimum Gasteiger partial charge on any atom is -0.327 e. The SMILES string of the molecule is C[C@@H]1CCC(N)[C@H](Cc2ccccc2)C1. The molecule has 1 aliphatic rings. The first kappa shape index (κ1) is 10.7. The van der Waals surface area contributed by atoms with Gasteiger partial charge in [-0.25, -0.2) is 0 Å². The first-order valence-corrected chi connectivity index (χ1v) is 6.05. The summed E-state index contributed by atoms with van der Waals surface area (Å²) in [6, 6.07) is 11.2. The Hall–Kier alpha value is -0.820. The third kappa shape index (κ3) is 2.82. The van der Waals surface area contributed by atoms with Crippen LogP contribution < -0.4 is 5.73 Å². The van der Waals surface area contributed by atoms with Crippen LogP contribution in [0.5, 0.6) is 0 Å². The Morgan fingerprint density at radius 3 is 2.67 bits per heavy atom. The van der Waals surface area contributed by atoms with Gasteiger partial charge < -0.3 is 5.73 Å². The molecule has 1 saturated carbocycles. The Balaban J connectivity index is 1.98. The molecule has 15 heavy (non-hydrogen) atoms. The number of nitrogens with two attached hydrogens (primary N) is 1. The summed E-state index contributed by atoms with van der Waals surface area (Å²) in [6.45, 7) is 2.35. The summed E-state index contributed by atoms with van der Waals surface area (Å²) in [7, 11) is 0. The Labute approximate surface area is 92.7 Å². The van der Waals surface area contributed by atoms with Gasteiger partial charge in [-0.1, -0.05) is 37.3 Å². The minimum absolute atomic E-state index is 0.418. The molecule has 0 amide bonds. The fourth-order valence-electron chi connectivity index (χ4n) is 2.67. The van der Waals surface area contributed by atoms with Crippen molar-refractivity contribution in [3.8, 4) is 0 Å². The van der Waals surface area contributed by atoms with Gasteiger partial charge in [0.05, 0.1) is 0 Å². The molecule has 2 N–H and O–H groups in total. The first-order chi connectivity index (χ1) is 7.25. The Kier molecular flexibility index (Phi) is 3.42. The van der Waals surface area contributed by atoms with Crippen LogP contribution in [0.25, 0.3) is 0 Å². The van der Waals surface area contributed by atoms with Crippen molar-refractivity contribution in [3.05, 3.63) is 35.9 Å². The smallest absolute Gasteiger partial charge is 0.00705 e. The van der Waals surface area contributed by atoms with Crippen molar-refractivity contribution >= 4 is 0 Å². The highest BCUT2D eigenvalue weighted by Crippen LogP contribution is 2.30. The molecular formula is C14H21N. The second-order valence-corrected chi connectivity index (χ2v) is 5.03. The third-order valence-corrected chi connectivity index (χ3v) is 3.64. The van der Waals surface area contributed by atoms with Crippen molar-refractivity contribution in [2.24, 2.45) is 17.6 Å². The number of hydrogen-bond donors (Lipinski definition) is 1. The zero-order valence-corrected chi connectivity index (χ0v) is 9.52. The average molecular weight is 203 g/mol. The van der Waals surface area contributed by atoms with E-state index in [-0.39, 0.29) is 0 Å². The van der Waals surface area contributed by atoms with Crippen molar-refractivity contribution in [3.63, 3.8) is 0 Å². The minimum atomic E-state index is 0.418. The molecule has 0 radical (unpaired) electrons. The molecule has 1 aliphatic carbocycles. The van der Waals surface area contributed by atoms with Crippen LogP contribution in [0.1, 0.15) is 31.7 Å². The molecule has 1 nitrogen and oxygen atoms in total. The second kappa shape index (κ2) is 4.80. The molecule has 0 spiro atoms. The van der Waals surface area contributed by atoms with E-state index in [0.717, 1.165) is 12.3 Å². The van der Waals surface area contributed by atoms with Gasteiger partial charge in [-0.15, -0.1) is 0 Å². The van der Waals surface area contributed by atoms with Crippen LogP contribution in [0.4, 0.5) is 0 Å². The fourth-order valence-corrected chi connectivity index (χ4v) is 2.67. The Morgan fingerprint density at radius 1 is 1.20 bits per heavy atom. The standard InChI is InChI=1S/C14H21N/c1-11-7-8-14(15)13(9-11)10-12-5-3-2-4-6-12/h2-6,11,13-14H,7-10,15H2,1H3/t11-,13+,14?/m1/s1. The molecule has 0 saturated heterocycles. The molecule has 1 aromatic rings. The summed E-state index contributed by atoms with van der Waals surface area (Å²) in [6.07, 6.45) is 4.98. The molecule has 0 bridgehead atoms. The van der Waals surface area contributed by atoms with Gasteiger partial charge in [0, 0.05) is 6.04 Å². The van der Waals surface area contributed by atoms with Crippen LogP contribution in [-0.2, 0) is 6.42 Å². The van der Waals surface area contributed by atoms with E-state index in [2.05, 4.69) is 37.3 Å². The van der Waals surface area contributed by atoms with Gasteiger partial charge in [-0.2, -0.15) is 0 Å². The predicted octanol–water partition coefficient (Wildman–Crippen LogP) is 2.99. The van der Waals surface area contributed by atoms with E-state index < -0.39 is 0 Å². The van der Waals surface area contributed by atoms with Crippen molar-refractivity contribution in [1.82, 2.24) is 0 Å². The fraction of sp³-hybridized carbons (Fsp3) is 0.571. The number of benzene rings is 1. The molecule has 2 rings (SSSR count). The zero-order valence-electron chi connectivity index (χ0n) is 9.52. The highest BCUT2D eigenvalue weighted by Gasteiger charge is 2.25. The largest absolute Gasteiger partial charge is 0.327 e. The Bertz CT molecular complexity index is 293. The summed E-state index contributed by atoms with van der Waals surface area (Å²) < 4.78 is 0. The second-order valence-electron chi connectivity index (χ2n) is 5.03. The highest BCUT2D eigenvalue weighted by atomic mass is 14.7. The first-order valence-electron chi connectivity index (χ1n) is 6.05. The van der Waals surface area contributed by atoms with Gasteiger partial charge in [-0.3, -0.25) is 0 Å². The number of rotatable bonds is 2. The van der Waals surface area contributed by atoms with Gasteiger partial charge >= 0.3 is 0 Å². The van der Waals surface area contributed by atoms with Crippen molar-refractivity contribution in [2.45, 2.75) is 38.6 Å². The van der Waals surface area contributed by atoms with Gasteiger partial charge in [-0.05, 0) is 43.1 Å². The van der Waals surface area contributed by atoms with Gasteiger partial charge in [0.15, 0.2) is 0 Å². The summed E-state index contributed by atoms with van der Waals surface area (Å²) in [5.74, 6) is 1.55. The monoisotopic (exact) mass is 203 g/mol. The molecule has 1 aromatic carbocycles.